The van der Waals surface area contributed by atoms with Crippen molar-refractivity contribution in [3.8, 4) is 17.0 Å². The van der Waals surface area contributed by atoms with Crippen molar-refractivity contribution >= 4 is 23.4 Å². The third-order valence-corrected chi connectivity index (χ3v) is 8.45. The molecule has 2 atom stereocenters. The van der Waals surface area contributed by atoms with Crippen molar-refractivity contribution in [2.45, 2.75) is 57.0 Å². The highest BCUT2D eigenvalue weighted by Crippen LogP contribution is 2.38. The molecule has 198 valence electrons. The lowest BCUT2D eigenvalue weighted by Gasteiger charge is -2.42. The van der Waals surface area contributed by atoms with Crippen LogP contribution in [0.2, 0.25) is 0 Å². The number of aromatic nitrogens is 4. The minimum atomic E-state index is -0.662. The predicted molar refractivity (Wildman–Crippen MR) is 144 cm³/mol. The number of anilines is 3. The van der Waals surface area contributed by atoms with Gasteiger partial charge in [0.05, 0.1) is 17.3 Å². The van der Waals surface area contributed by atoms with Gasteiger partial charge >= 0.3 is 5.97 Å². The summed E-state index contributed by atoms with van der Waals surface area (Å²) < 4.78 is 0. The molecule has 1 aromatic carbocycles. The van der Waals surface area contributed by atoms with Gasteiger partial charge in [0.2, 0.25) is 5.95 Å². The molecule has 3 aliphatic rings. The molecule has 0 spiro atoms. The molecule has 38 heavy (non-hydrogen) atoms. The van der Waals surface area contributed by atoms with E-state index in [2.05, 4.69) is 20.0 Å². The SMILES string of the molecule is Nc1nnc(-c2ccccc2O)cc1N1CC2CCC(C1)N2c1ncc(CC2CCC(C(=O)O)CC2)cn1. The van der Waals surface area contributed by atoms with Gasteiger partial charge in [0.1, 0.15) is 5.75 Å². The van der Waals surface area contributed by atoms with Crippen LogP contribution in [0.15, 0.2) is 42.7 Å². The highest BCUT2D eigenvalue weighted by atomic mass is 16.4. The molecule has 2 aromatic heterocycles. The molecule has 2 saturated heterocycles. The summed E-state index contributed by atoms with van der Waals surface area (Å²) in [5, 5.41) is 27.9. The Morgan fingerprint density at radius 1 is 0.974 bits per heavy atom. The van der Waals surface area contributed by atoms with Crippen molar-refractivity contribution in [1.82, 2.24) is 20.2 Å². The number of carboxylic acids is 1. The quantitative estimate of drug-likeness (QED) is 0.446. The maximum Gasteiger partial charge on any atom is 0.306 e. The summed E-state index contributed by atoms with van der Waals surface area (Å²) in [6.45, 7) is 1.56. The number of aliphatic carboxylic acids is 1. The smallest absolute Gasteiger partial charge is 0.306 e. The van der Waals surface area contributed by atoms with E-state index in [4.69, 9.17) is 15.7 Å². The first kappa shape index (κ1) is 24.4. The molecule has 10 nitrogen and oxygen atoms in total. The number of nitrogen functional groups attached to an aromatic ring is 1. The fraction of sp³-hybridized carbons (Fsp3) is 0.464. The summed E-state index contributed by atoms with van der Waals surface area (Å²) in [5.41, 5.74) is 9.44. The van der Waals surface area contributed by atoms with Gasteiger partial charge < -0.3 is 25.7 Å². The Bertz CT molecular complexity index is 1300. The van der Waals surface area contributed by atoms with Crippen molar-refractivity contribution in [2.75, 3.05) is 28.6 Å². The molecule has 4 N–H and O–H groups in total. The Morgan fingerprint density at radius 2 is 1.66 bits per heavy atom. The number of fused-ring (bicyclic) bond motifs is 2. The van der Waals surface area contributed by atoms with E-state index in [1.807, 2.05) is 30.6 Å². The monoisotopic (exact) mass is 515 g/mol. The maximum absolute atomic E-state index is 11.2. The third kappa shape index (κ3) is 4.70. The van der Waals surface area contributed by atoms with E-state index < -0.39 is 5.97 Å². The molecule has 3 aromatic rings. The fourth-order valence-electron chi connectivity index (χ4n) is 6.43. The summed E-state index contributed by atoms with van der Waals surface area (Å²) in [5.74, 6) is 0.970. The van der Waals surface area contributed by atoms with Gasteiger partial charge in [-0.2, -0.15) is 0 Å². The average molecular weight is 516 g/mol. The van der Waals surface area contributed by atoms with Gasteiger partial charge in [0.25, 0.3) is 0 Å². The normalized spacial score (nSPS) is 24.9. The van der Waals surface area contributed by atoms with E-state index in [0.29, 0.717) is 23.0 Å². The molecule has 2 aliphatic heterocycles. The largest absolute Gasteiger partial charge is 0.507 e. The van der Waals surface area contributed by atoms with Crippen LogP contribution in [-0.2, 0) is 11.2 Å². The van der Waals surface area contributed by atoms with Crippen LogP contribution in [0.25, 0.3) is 11.3 Å². The highest BCUT2D eigenvalue weighted by molar-refractivity contribution is 5.74. The number of carboxylic acid groups (broad SMARTS) is 1. The van der Waals surface area contributed by atoms with Crippen molar-refractivity contribution < 1.29 is 15.0 Å². The molecule has 1 aliphatic carbocycles. The Kier molecular flexibility index (Phi) is 6.47. The van der Waals surface area contributed by atoms with Crippen molar-refractivity contribution in [3.05, 3.63) is 48.3 Å². The van der Waals surface area contributed by atoms with Gasteiger partial charge in [0.15, 0.2) is 5.82 Å². The Morgan fingerprint density at radius 3 is 2.32 bits per heavy atom. The number of hydrogen-bond donors (Lipinski definition) is 3. The summed E-state index contributed by atoms with van der Waals surface area (Å²) in [6, 6.07) is 9.56. The third-order valence-electron chi connectivity index (χ3n) is 8.45. The fourth-order valence-corrected chi connectivity index (χ4v) is 6.43. The molecule has 1 saturated carbocycles. The van der Waals surface area contributed by atoms with Crippen LogP contribution >= 0.6 is 0 Å². The number of carbonyl (C=O) groups is 1. The molecule has 3 fully saturated rings. The van der Waals surface area contributed by atoms with Crippen LogP contribution in [-0.4, -0.2) is 61.5 Å². The number of nitrogens with zero attached hydrogens (tertiary/aromatic N) is 6. The summed E-state index contributed by atoms with van der Waals surface area (Å²) >= 11 is 0. The van der Waals surface area contributed by atoms with E-state index in [-0.39, 0.29) is 23.8 Å². The first-order valence-electron chi connectivity index (χ1n) is 13.4. The van der Waals surface area contributed by atoms with E-state index >= 15 is 0 Å². The summed E-state index contributed by atoms with van der Waals surface area (Å²) in [4.78, 5) is 25.4. The second-order valence-corrected chi connectivity index (χ2v) is 10.9. The standard InChI is InChI=1S/C28H33N7O3/c29-26-24(12-23(32-33-26)22-3-1-2-4-25(22)36)34-15-20-9-10-21(16-34)35(20)28-30-13-18(14-31-28)11-17-5-7-19(8-6-17)27(37)38/h1-4,12-14,17,19-21,36H,5-11,15-16H2,(H2,29,33)(H,37,38). The number of phenols is 1. The van der Waals surface area contributed by atoms with Crippen LogP contribution in [0.4, 0.5) is 17.5 Å². The minimum absolute atomic E-state index is 0.163. The molecular formula is C28H33N7O3. The average Bonchev–Trinajstić information content (AvgIpc) is 3.19. The van der Waals surface area contributed by atoms with E-state index in [9.17, 15) is 15.0 Å². The molecule has 4 heterocycles. The van der Waals surface area contributed by atoms with Crippen LogP contribution in [0.1, 0.15) is 44.1 Å². The van der Waals surface area contributed by atoms with Crippen LogP contribution in [0, 0.1) is 11.8 Å². The number of aromatic hydroxyl groups is 1. The molecular weight excluding hydrogens is 482 g/mol. The lowest BCUT2D eigenvalue weighted by atomic mass is 9.79. The van der Waals surface area contributed by atoms with Crippen molar-refractivity contribution in [3.63, 3.8) is 0 Å². The first-order valence-corrected chi connectivity index (χ1v) is 13.4. The Balaban J connectivity index is 1.13. The van der Waals surface area contributed by atoms with Crippen LogP contribution < -0.4 is 15.5 Å². The minimum Gasteiger partial charge on any atom is -0.507 e. The van der Waals surface area contributed by atoms with Crippen molar-refractivity contribution in [1.29, 1.82) is 0 Å². The highest BCUT2D eigenvalue weighted by Gasteiger charge is 2.42. The molecule has 2 unspecified atom stereocenters. The second kappa shape index (κ2) is 10.1. The molecule has 6 rings (SSSR count). The van der Waals surface area contributed by atoms with Crippen molar-refractivity contribution in [2.24, 2.45) is 11.8 Å². The zero-order valence-corrected chi connectivity index (χ0v) is 21.3. The first-order chi connectivity index (χ1) is 18.5. The van der Waals surface area contributed by atoms with E-state index in [1.165, 1.54) is 0 Å². The lowest BCUT2D eigenvalue weighted by Crippen LogP contribution is -2.54. The number of para-hydroxylation sites is 1. The maximum atomic E-state index is 11.2. The second-order valence-electron chi connectivity index (χ2n) is 10.9. The van der Waals surface area contributed by atoms with Gasteiger partial charge in [-0.1, -0.05) is 12.1 Å². The van der Waals surface area contributed by atoms with E-state index in [0.717, 1.165) is 75.2 Å². The van der Waals surface area contributed by atoms with Crippen LogP contribution in [0.5, 0.6) is 5.75 Å². The van der Waals surface area contributed by atoms with Gasteiger partial charge in [-0.05, 0) is 74.6 Å². The number of piperazine rings is 1. The molecule has 0 amide bonds. The number of phenolic OH excluding ortho intramolecular Hbond substituents is 1. The molecule has 10 heteroatoms. The summed E-state index contributed by atoms with van der Waals surface area (Å²) in [6.07, 6.45) is 10.3. The van der Waals surface area contributed by atoms with Gasteiger partial charge in [-0.3, -0.25) is 4.79 Å². The number of hydrogen-bond acceptors (Lipinski definition) is 9. The van der Waals surface area contributed by atoms with E-state index in [1.54, 1.807) is 12.1 Å². The summed E-state index contributed by atoms with van der Waals surface area (Å²) in [7, 11) is 0. The zero-order chi connectivity index (χ0) is 26.2. The number of benzene rings is 1. The van der Waals surface area contributed by atoms with Gasteiger partial charge in [-0.25, -0.2) is 9.97 Å². The number of nitrogens with two attached hydrogens (primary N) is 1. The van der Waals surface area contributed by atoms with Gasteiger partial charge in [0, 0.05) is 43.1 Å². The predicted octanol–water partition coefficient (Wildman–Crippen LogP) is 3.51. The molecule has 0 radical (unpaired) electrons. The zero-order valence-electron chi connectivity index (χ0n) is 21.3. The topological polar surface area (TPSA) is 142 Å². The number of rotatable bonds is 6. The Hall–Kier alpha value is -3.95. The van der Waals surface area contributed by atoms with Crippen LogP contribution in [0.3, 0.4) is 0 Å². The molecule has 2 bridgehead atoms. The Labute approximate surface area is 221 Å². The lowest BCUT2D eigenvalue weighted by molar-refractivity contribution is -0.143. The van der Waals surface area contributed by atoms with Gasteiger partial charge in [-0.15, -0.1) is 10.2 Å².